The molecule has 0 bridgehead atoms. The molecule has 0 fully saturated rings. The van der Waals surface area contributed by atoms with Gasteiger partial charge in [0.1, 0.15) is 6.54 Å². The Hall–Kier alpha value is -3.32. The van der Waals surface area contributed by atoms with E-state index in [1.54, 1.807) is 42.6 Å². The van der Waals surface area contributed by atoms with E-state index in [0.717, 1.165) is 10.4 Å². The third-order valence-corrected chi connectivity index (χ3v) is 7.00. The highest BCUT2D eigenvalue weighted by atomic mass is 32.1. The SMILES string of the molecule is COc1ccc(CCN(Cc2sccc2C)C(=O)CN(CC(C)C)C(=O)c2ccccc2)cc1OC. The van der Waals surface area contributed by atoms with Gasteiger partial charge in [-0.1, -0.05) is 38.1 Å². The number of aryl methyl sites for hydroxylation is 1. The van der Waals surface area contributed by atoms with Crippen molar-refractivity contribution in [1.29, 1.82) is 0 Å². The summed E-state index contributed by atoms with van der Waals surface area (Å²) in [6.07, 6.45) is 0.660. The van der Waals surface area contributed by atoms with Crippen molar-refractivity contribution < 1.29 is 19.1 Å². The summed E-state index contributed by atoms with van der Waals surface area (Å²) in [5.74, 6) is 1.40. The Morgan fingerprint density at radius 2 is 1.67 bits per heavy atom. The molecule has 2 aromatic carbocycles. The van der Waals surface area contributed by atoms with E-state index in [-0.39, 0.29) is 24.3 Å². The molecule has 0 aliphatic rings. The maximum atomic E-state index is 13.6. The number of methoxy groups -OCH3 is 2. The summed E-state index contributed by atoms with van der Waals surface area (Å²) in [5.41, 5.74) is 2.81. The predicted octanol–water partition coefficient (Wildman–Crippen LogP) is 5.44. The maximum Gasteiger partial charge on any atom is 0.254 e. The second-order valence-electron chi connectivity index (χ2n) is 9.23. The minimum Gasteiger partial charge on any atom is -0.493 e. The van der Waals surface area contributed by atoms with E-state index in [9.17, 15) is 9.59 Å². The van der Waals surface area contributed by atoms with E-state index in [2.05, 4.69) is 26.8 Å². The third-order valence-electron chi connectivity index (χ3n) is 5.99. The zero-order chi connectivity index (χ0) is 26.1. The molecular formula is C29H36N2O4S. The van der Waals surface area contributed by atoms with Crippen LogP contribution in [0.25, 0.3) is 0 Å². The van der Waals surface area contributed by atoms with Gasteiger partial charge in [0.2, 0.25) is 5.91 Å². The molecule has 3 rings (SSSR count). The normalized spacial score (nSPS) is 10.8. The van der Waals surface area contributed by atoms with Gasteiger partial charge in [-0.15, -0.1) is 11.3 Å². The van der Waals surface area contributed by atoms with Crippen molar-refractivity contribution in [1.82, 2.24) is 9.80 Å². The van der Waals surface area contributed by atoms with Crippen LogP contribution in [0.2, 0.25) is 0 Å². The second-order valence-corrected chi connectivity index (χ2v) is 10.2. The van der Waals surface area contributed by atoms with Crippen molar-refractivity contribution in [2.24, 2.45) is 5.92 Å². The third kappa shape index (κ3) is 7.34. The highest BCUT2D eigenvalue weighted by Crippen LogP contribution is 2.28. The first-order valence-electron chi connectivity index (χ1n) is 12.2. The summed E-state index contributed by atoms with van der Waals surface area (Å²) >= 11 is 1.65. The van der Waals surface area contributed by atoms with Gasteiger partial charge in [-0.2, -0.15) is 0 Å². The Morgan fingerprint density at radius 1 is 0.944 bits per heavy atom. The van der Waals surface area contributed by atoms with E-state index >= 15 is 0 Å². The number of amides is 2. The Labute approximate surface area is 218 Å². The van der Waals surface area contributed by atoms with E-state index in [4.69, 9.17) is 9.47 Å². The van der Waals surface area contributed by atoms with Crippen LogP contribution in [-0.2, 0) is 17.8 Å². The number of ether oxygens (including phenoxy) is 2. The molecule has 0 aliphatic carbocycles. The molecule has 0 saturated heterocycles. The highest BCUT2D eigenvalue weighted by Gasteiger charge is 2.24. The first-order valence-corrected chi connectivity index (χ1v) is 13.1. The number of carbonyl (C=O) groups excluding carboxylic acids is 2. The Bertz CT molecular complexity index is 1140. The fraction of sp³-hybridized carbons (Fsp3) is 0.379. The van der Waals surface area contributed by atoms with Crippen LogP contribution < -0.4 is 9.47 Å². The molecule has 0 unspecified atom stereocenters. The zero-order valence-electron chi connectivity index (χ0n) is 21.8. The molecular weight excluding hydrogens is 472 g/mol. The molecule has 7 heteroatoms. The number of hydrogen-bond acceptors (Lipinski definition) is 5. The summed E-state index contributed by atoms with van der Waals surface area (Å²) in [6, 6.07) is 17.1. The van der Waals surface area contributed by atoms with Crippen LogP contribution in [0, 0.1) is 12.8 Å². The molecule has 6 nitrogen and oxygen atoms in total. The van der Waals surface area contributed by atoms with Gasteiger partial charge in [-0.05, 0) is 66.1 Å². The lowest BCUT2D eigenvalue weighted by Crippen LogP contribution is -2.44. The van der Waals surface area contributed by atoms with Crippen molar-refractivity contribution in [2.75, 3.05) is 33.9 Å². The van der Waals surface area contributed by atoms with Gasteiger partial charge in [-0.3, -0.25) is 9.59 Å². The Balaban J connectivity index is 1.80. The minimum absolute atomic E-state index is 0.0439. The van der Waals surface area contributed by atoms with Crippen LogP contribution in [0.4, 0.5) is 0 Å². The largest absolute Gasteiger partial charge is 0.493 e. The molecule has 192 valence electrons. The standard InChI is InChI=1S/C29H36N2O4S/c1-21(2)18-31(29(33)24-9-7-6-8-10-24)20-28(32)30(19-27-22(3)14-16-36-27)15-13-23-11-12-25(34-4)26(17-23)35-5/h6-12,14,16-17,21H,13,15,18-20H2,1-5H3. The molecule has 0 saturated carbocycles. The quantitative estimate of drug-likeness (QED) is 0.327. The predicted molar refractivity (Wildman–Crippen MR) is 145 cm³/mol. The molecule has 0 spiro atoms. The lowest BCUT2D eigenvalue weighted by atomic mass is 10.1. The van der Waals surface area contributed by atoms with E-state index < -0.39 is 0 Å². The van der Waals surface area contributed by atoms with Gasteiger partial charge in [0, 0.05) is 23.5 Å². The molecule has 0 atom stereocenters. The molecule has 1 heterocycles. The molecule has 0 radical (unpaired) electrons. The second kappa shape index (κ2) is 13.1. The van der Waals surface area contributed by atoms with Crippen LogP contribution in [-0.4, -0.2) is 55.5 Å². The number of carbonyl (C=O) groups is 2. The van der Waals surface area contributed by atoms with Crippen molar-refractivity contribution in [3.05, 3.63) is 81.5 Å². The lowest BCUT2D eigenvalue weighted by molar-refractivity contribution is -0.132. The number of nitrogens with zero attached hydrogens (tertiary/aromatic N) is 2. The van der Waals surface area contributed by atoms with Crippen molar-refractivity contribution in [2.45, 2.75) is 33.7 Å². The fourth-order valence-electron chi connectivity index (χ4n) is 4.02. The fourth-order valence-corrected chi connectivity index (χ4v) is 4.94. The molecule has 36 heavy (non-hydrogen) atoms. The molecule has 2 amide bonds. The van der Waals surface area contributed by atoms with Crippen LogP contribution >= 0.6 is 11.3 Å². The van der Waals surface area contributed by atoms with Gasteiger partial charge in [0.25, 0.3) is 5.91 Å². The van der Waals surface area contributed by atoms with Gasteiger partial charge < -0.3 is 19.3 Å². The average Bonchev–Trinajstić information content (AvgIpc) is 3.29. The van der Waals surface area contributed by atoms with Crippen molar-refractivity contribution in [3.63, 3.8) is 0 Å². The lowest BCUT2D eigenvalue weighted by Gasteiger charge is -2.29. The van der Waals surface area contributed by atoms with Crippen LogP contribution in [0.3, 0.4) is 0 Å². The minimum atomic E-state index is -0.121. The maximum absolute atomic E-state index is 13.6. The summed E-state index contributed by atoms with van der Waals surface area (Å²) in [4.78, 5) is 31.6. The van der Waals surface area contributed by atoms with Gasteiger partial charge in [-0.25, -0.2) is 0 Å². The Morgan fingerprint density at radius 3 is 2.28 bits per heavy atom. The monoisotopic (exact) mass is 508 g/mol. The van der Waals surface area contributed by atoms with Gasteiger partial charge in [0.05, 0.1) is 20.8 Å². The van der Waals surface area contributed by atoms with Crippen molar-refractivity contribution in [3.8, 4) is 11.5 Å². The number of hydrogen-bond donors (Lipinski definition) is 0. The zero-order valence-corrected chi connectivity index (χ0v) is 22.6. The van der Waals surface area contributed by atoms with Crippen LogP contribution in [0.1, 0.15) is 40.2 Å². The van der Waals surface area contributed by atoms with Crippen LogP contribution in [0.5, 0.6) is 11.5 Å². The van der Waals surface area contributed by atoms with Crippen LogP contribution in [0.15, 0.2) is 60.0 Å². The first kappa shape index (κ1) is 27.3. The van der Waals surface area contributed by atoms with Crippen molar-refractivity contribution >= 4 is 23.2 Å². The number of rotatable bonds is 12. The van der Waals surface area contributed by atoms with Gasteiger partial charge >= 0.3 is 0 Å². The molecule has 0 N–H and O–H groups in total. The summed E-state index contributed by atoms with van der Waals surface area (Å²) in [5, 5.41) is 2.05. The topological polar surface area (TPSA) is 59.1 Å². The van der Waals surface area contributed by atoms with Gasteiger partial charge in [0.15, 0.2) is 11.5 Å². The van der Waals surface area contributed by atoms with E-state index in [1.807, 2.05) is 46.7 Å². The smallest absolute Gasteiger partial charge is 0.254 e. The van der Waals surface area contributed by atoms with E-state index in [1.165, 1.54) is 5.56 Å². The summed E-state index contributed by atoms with van der Waals surface area (Å²) in [6.45, 7) is 7.78. The highest BCUT2D eigenvalue weighted by molar-refractivity contribution is 7.10. The van der Waals surface area contributed by atoms with E-state index in [0.29, 0.717) is 43.1 Å². The summed E-state index contributed by atoms with van der Waals surface area (Å²) in [7, 11) is 3.23. The summed E-state index contributed by atoms with van der Waals surface area (Å²) < 4.78 is 10.8. The number of thiophene rings is 1. The molecule has 1 aromatic heterocycles. The molecule has 3 aromatic rings. The average molecular weight is 509 g/mol. The number of benzene rings is 2. The first-order chi connectivity index (χ1) is 17.3. The molecule has 0 aliphatic heterocycles. The Kier molecular flexibility index (Phi) is 9.94.